The fourth-order valence-electron chi connectivity index (χ4n) is 1.61. The highest BCUT2D eigenvalue weighted by atomic mass is 32.1. The summed E-state index contributed by atoms with van der Waals surface area (Å²) in [7, 11) is 0. The first-order valence-electron chi connectivity index (χ1n) is 5.43. The molecule has 0 aliphatic heterocycles. The highest BCUT2D eigenvalue weighted by Gasteiger charge is 2.30. The smallest absolute Gasteiger partial charge is 0.416 e. The van der Waals surface area contributed by atoms with Crippen molar-refractivity contribution in [2.24, 2.45) is 0 Å². The van der Waals surface area contributed by atoms with Gasteiger partial charge in [-0.1, -0.05) is 6.07 Å². The molecule has 2 rings (SSSR count). The van der Waals surface area contributed by atoms with E-state index in [1.54, 1.807) is 0 Å². The molecule has 0 unspecified atom stereocenters. The fourth-order valence-corrected chi connectivity index (χ4v) is 2.42. The summed E-state index contributed by atoms with van der Waals surface area (Å²) in [5.41, 5.74) is -0.365. The van der Waals surface area contributed by atoms with Crippen LogP contribution in [0.1, 0.15) is 21.6 Å². The van der Waals surface area contributed by atoms with Gasteiger partial charge in [-0.05, 0) is 36.7 Å². The van der Waals surface area contributed by atoms with Crippen LogP contribution in [0.15, 0.2) is 24.3 Å². The highest BCUT2D eigenvalue weighted by Crippen LogP contribution is 2.33. The van der Waals surface area contributed by atoms with Crippen molar-refractivity contribution >= 4 is 28.2 Å². The van der Waals surface area contributed by atoms with Gasteiger partial charge in [0.15, 0.2) is 0 Å². The molecule has 0 saturated carbocycles. The molecule has 8 heteroatoms. The van der Waals surface area contributed by atoms with E-state index < -0.39 is 17.7 Å². The number of nitrogens with zero attached hydrogens (tertiary/aromatic N) is 1. The number of carbonyl (C=O) groups is 1. The number of benzene rings is 1. The molecule has 1 heterocycles. The van der Waals surface area contributed by atoms with E-state index in [1.165, 1.54) is 19.1 Å². The van der Waals surface area contributed by atoms with Gasteiger partial charge in [-0.15, -0.1) is 0 Å². The largest absolute Gasteiger partial charge is 0.478 e. The number of anilines is 2. The minimum absolute atomic E-state index is 0.0348. The van der Waals surface area contributed by atoms with Crippen LogP contribution in [0.2, 0.25) is 0 Å². The Hall–Kier alpha value is -2.09. The first-order chi connectivity index (χ1) is 9.29. The summed E-state index contributed by atoms with van der Waals surface area (Å²) in [4.78, 5) is 11.1. The summed E-state index contributed by atoms with van der Waals surface area (Å²) in [6, 6.07) is 4.54. The third-order valence-electron chi connectivity index (χ3n) is 2.52. The molecule has 0 saturated heterocycles. The minimum atomic E-state index is -4.45. The minimum Gasteiger partial charge on any atom is -0.478 e. The Morgan fingerprint density at radius 2 is 2.10 bits per heavy atom. The van der Waals surface area contributed by atoms with E-state index in [2.05, 4.69) is 9.69 Å². The maximum Gasteiger partial charge on any atom is 0.416 e. The summed E-state index contributed by atoms with van der Waals surface area (Å²) < 4.78 is 41.6. The normalized spacial score (nSPS) is 11.4. The van der Waals surface area contributed by atoms with Crippen LogP contribution in [0.4, 0.5) is 23.9 Å². The van der Waals surface area contributed by atoms with Crippen LogP contribution >= 0.6 is 11.5 Å². The molecule has 1 aromatic heterocycles. The fraction of sp³-hybridized carbons (Fsp3) is 0.167. The summed E-state index contributed by atoms with van der Waals surface area (Å²) in [6.07, 6.45) is -4.45. The number of hydrogen-bond donors (Lipinski definition) is 2. The van der Waals surface area contributed by atoms with Gasteiger partial charge < -0.3 is 10.4 Å². The lowest BCUT2D eigenvalue weighted by Gasteiger charge is -2.09. The molecule has 2 N–H and O–H groups in total. The van der Waals surface area contributed by atoms with E-state index in [4.69, 9.17) is 5.11 Å². The SMILES string of the molecule is Cc1nsc(Nc2cccc(C(F)(F)F)c2)c1C(=O)O. The molecule has 0 amide bonds. The number of halogens is 3. The molecule has 0 aliphatic rings. The van der Waals surface area contributed by atoms with Crippen LogP contribution in [0.3, 0.4) is 0 Å². The van der Waals surface area contributed by atoms with Gasteiger partial charge in [0.05, 0.1) is 11.3 Å². The second-order valence-corrected chi connectivity index (χ2v) is 4.75. The molecule has 0 radical (unpaired) electrons. The van der Waals surface area contributed by atoms with Gasteiger partial charge >= 0.3 is 12.1 Å². The molecule has 106 valence electrons. The Bertz CT molecular complexity index is 652. The Kier molecular flexibility index (Phi) is 3.67. The Morgan fingerprint density at radius 1 is 1.40 bits per heavy atom. The number of hydrogen-bond acceptors (Lipinski definition) is 4. The molecule has 2 aromatic rings. The zero-order chi connectivity index (χ0) is 14.9. The maximum atomic E-state index is 12.6. The maximum absolute atomic E-state index is 12.6. The number of aromatic nitrogens is 1. The average molecular weight is 302 g/mol. The van der Waals surface area contributed by atoms with Gasteiger partial charge in [-0.3, -0.25) is 0 Å². The zero-order valence-corrected chi connectivity index (χ0v) is 11.0. The summed E-state index contributed by atoms with van der Waals surface area (Å²) in [5.74, 6) is -1.18. The third-order valence-corrected chi connectivity index (χ3v) is 3.38. The predicted octanol–water partition coefficient (Wildman–Crippen LogP) is 3.91. The zero-order valence-electron chi connectivity index (χ0n) is 10.2. The number of rotatable bonds is 3. The standard InChI is InChI=1S/C12H9F3N2O2S/c1-6-9(11(18)19)10(20-17-6)16-8-4-2-3-7(5-8)12(13,14)15/h2-5,16H,1H3,(H,18,19). The molecular weight excluding hydrogens is 293 g/mol. The molecule has 0 atom stereocenters. The van der Waals surface area contributed by atoms with Crippen LogP contribution in [-0.2, 0) is 6.18 Å². The molecule has 0 spiro atoms. The van der Waals surface area contributed by atoms with Gasteiger partial charge in [0.25, 0.3) is 0 Å². The van der Waals surface area contributed by atoms with Crippen molar-refractivity contribution in [3.05, 3.63) is 41.1 Å². The van der Waals surface area contributed by atoms with Crippen molar-refractivity contribution in [3.63, 3.8) is 0 Å². The van der Waals surface area contributed by atoms with Crippen LogP contribution in [0.25, 0.3) is 0 Å². The van der Waals surface area contributed by atoms with Crippen molar-refractivity contribution in [3.8, 4) is 0 Å². The lowest BCUT2D eigenvalue weighted by Crippen LogP contribution is -2.06. The van der Waals surface area contributed by atoms with Crippen molar-refractivity contribution < 1.29 is 23.1 Å². The van der Waals surface area contributed by atoms with E-state index >= 15 is 0 Å². The number of alkyl halides is 3. The lowest BCUT2D eigenvalue weighted by molar-refractivity contribution is -0.137. The number of nitrogens with one attached hydrogen (secondary N) is 1. The number of carboxylic acids is 1. The second kappa shape index (κ2) is 5.12. The van der Waals surface area contributed by atoms with Crippen molar-refractivity contribution in [1.29, 1.82) is 0 Å². The number of aromatic carboxylic acids is 1. The molecule has 20 heavy (non-hydrogen) atoms. The molecule has 4 nitrogen and oxygen atoms in total. The quantitative estimate of drug-likeness (QED) is 0.902. The molecule has 0 bridgehead atoms. The van der Waals surface area contributed by atoms with E-state index in [0.717, 1.165) is 23.7 Å². The van der Waals surface area contributed by atoms with E-state index in [-0.39, 0.29) is 16.3 Å². The first kappa shape index (κ1) is 14.3. The predicted molar refractivity (Wildman–Crippen MR) is 68.5 cm³/mol. The van der Waals surface area contributed by atoms with E-state index in [1.807, 2.05) is 0 Å². The molecule has 1 aromatic carbocycles. The van der Waals surface area contributed by atoms with Gasteiger partial charge in [-0.2, -0.15) is 17.5 Å². The monoisotopic (exact) mass is 302 g/mol. The van der Waals surface area contributed by atoms with Crippen LogP contribution in [0.5, 0.6) is 0 Å². The number of aryl methyl sites for hydroxylation is 1. The van der Waals surface area contributed by atoms with E-state index in [0.29, 0.717) is 5.69 Å². The Balaban J connectivity index is 2.34. The van der Waals surface area contributed by atoms with Crippen molar-refractivity contribution in [1.82, 2.24) is 4.37 Å². The second-order valence-electron chi connectivity index (χ2n) is 3.98. The van der Waals surface area contributed by atoms with Gasteiger partial charge in [0.2, 0.25) is 0 Å². The summed E-state index contributed by atoms with van der Waals surface area (Å²) in [5, 5.41) is 11.9. The van der Waals surface area contributed by atoms with Crippen LogP contribution in [-0.4, -0.2) is 15.4 Å². The Labute approximate surface area is 116 Å². The van der Waals surface area contributed by atoms with Crippen molar-refractivity contribution in [2.45, 2.75) is 13.1 Å². The van der Waals surface area contributed by atoms with Gasteiger partial charge in [0.1, 0.15) is 10.6 Å². The molecule has 0 aliphatic carbocycles. The van der Waals surface area contributed by atoms with Gasteiger partial charge in [-0.25, -0.2) is 4.79 Å². The van der Waals surface area contributed by atoms with Gasteiger partial charge in [0, 0.05) is 5.69 Å². The third kappa shape index (κ3) is 2.90. The highest BCUT2D eigenvalue weighted by molar-refractivity contribution is 7.10. The molecule has 0 fully saturated rings. The number of carboxylic acid groups (broad SMARTS) is 1. The van der Waals surface area contributed by atoms with Crippen molar-refractivity contribution in [2.75, 3.05) is 5.32 Å². The Morgan fingerprint density at radius 3 is 2.70 bits per heavy atom. The topological polar surface area (TPSA) is 62.2 Å². The summed E-state index contributed by atoms with van der Waals surface area (Å²) >= 11 is 0.889. The molecular formula is C12H9F3N2O2S. The first-order valence-corrected chi connectivity index (χ1v) is 6.20. The average Bonchev–Trinajstić information content (AvgIpc) is 2.69. The van der Waals surface area contributed by atoms with E-state index in [9.17, 15) is 18.0 Å². The lowest BCUT2D eigenvalue weighted by atomic mass is 10.2. The van der Waals surface area contributed by atoms with Crippen LogP contribution in [0, 0.1) is 6.92 Å². The van der Waals surface area contributed by atoms with Crippen LogP contribution < -0.4 is 5.32 Å². The summed E-state index contributed by atoms with van der Waals surface area (Å²) in [6.45, 7) is 1.53.